The van der Waals surface area contributed by atoms with Crippen LogP contribution in [0.5, 0.6) is 0 Å². The van der Waals surface area contributed by atoms with Gasteiger partial charge in [0.15, 0.2) is 0 Å². The fraction of sp³-hybridized carbons (Fsp3) is 0.562. The van der Waals surface area contributed by atoms with Crippen LogP contribution in [-0.4, -0.2) is 43.2 Å². The summed E-state index contributed by atoms with van der Waals surface area (Å²) in [6.07, 6.45) is 4.17. The van der Waals surface area contributed by atoms with Crippen molar-refractivity contribution in [1.82, 2.24) is 4.90 Å². The molecule has 2 rings (SSSR count). The Morgan fingerprint density at radius 3 is 2.81 bits per heavy atom. The molecule has 1 aromatic carbocycles. The van der Waals surface area contributed by atoms with Gasteiger partial charge in [0.1, 0.15) is 6.04 Å². The van der Waals surface area contributed by atoms with E-state index in [0.717, 1.165) is 32.2 Å². The first-order chi connectivity index (χ1) is 9.72. The van der Waals surface area contributed by atoms with Gasteiger partial charge in [-0.1, -0.05) is 30.3 Å². The smallest absolute Gasteiger partial charge is 0.242 e. The molecule has 0 bridgehead atoms. The molecule has 1 fully saturated rings. The molecular weight excluding hydrogens is 288 g/mol. The molecule has 0 saturated carbocycles. The normalized spacial score (nSPS) is 19.1. The molecule has 1 aromatic rings. The molecular formula is C16H25ClN2O2. The van der Waals surface area contributed by atoms with Gasteiger partial charge in [0.2, 0.25) is 5.91 Å². The highest BCUT2D eigenvalue weighted by Crippen LogP contribution is 2.22. The van der Waals surface area contributed by atoms with Crippen molar-refractivity contribution in [3.05, 3.63) is 35.9 Å². The Morgan fingerprint density at radius 1 is 1.43 bits per heavy atom. The van der Waals surface area contributed by atoms with Crippen molar-refractivity contribution in [2.24, 2.45) is 5.73 Å². The maximum absolute atomic E-state index is 12.3. The molecule has 1 saturated heterocycles. The summed E-state index contributed by atoms with van der Waals surface area (Å²) in [7, 11) is 1.57. The topological polar surface area (TPSA) is 55.6 Å². The van der Waals surface area contributed by atoms with Gasteiger partial charge >= 0.3 is 0 Å². The second kappa shape index (κ2) is 9.03. The molecule has 2 unspecified atom stereocenters. The van der Waals surface area contributed by atoms with Crippen molar-refractivity contribution in [3.63, 3.8) is 0 Å². The van der Waals surface area contributed by atoms with Crippen LogP contribution >= 0.6 is 12.4 Å². The van der Waals surface area contributed by atoms with Crippen molar-refractivity contribution in [3.8, 4) is 0 Å². The summed E-state index contributed by atoms with van der Waals surface area (Å²) in [6, 6.07) is 10.2. The number of nitrogens with zero attached hydrogens (tertiary/aromatic N) is 1. The van der Waals surface area contributed by atoms with E-state index in [2.05, 4.69) is 24.3 Å². The van der Waals surface area contributed by atoms with Crippen LogP contribution in [0.2, 0.25) is 0 Å². The fourth-order valence-electron chi connectivity index (χ4n) is 2.87. The Morgan fingerprint density at radius 2 is 2.14 bits per heavy atom. The molecule has 1 aliphatic rings. The monoisotopic (exact) mass is 312 g/mol. The molecule has 118 valence electrons. The SMILES string of the molecule is COCC(N)C(=O)N1CCCC1CCc1ccccc1.Cl. The van der Waals surface area contributed by atoms with Gasteiger partial charge in [-0.15, -0.1) is 12.4 Å². The number of likely N-dealkylation sites (tertiary alicyclic amines) is 1. The van der Waals surface area contributed by atoms with Crippen LogP contribution in [0.25, 0.3) is 0 Å². The third kappa shape index (κ3) is 4.99. The molecule has 21 heavy (non-hydrogen) atoms. The molecule has 0 spiro atoms. The quantitative estimate of drug-likeness (QED) is 0.874. The van der Waals surface area contributed by atoms with E-state index < -0.39 is 6.04 Å². The number of hydrogen-bond donors (Lipinski definition) is 1. The lowest BCUT2D eigenvalue weighted by Crippen LogP contribution is -2.48. The first-order valence-electron chi connectivity index (χ1n) is 7.31. The standard InChI is InChI=1S/C16H24N2O2.ClH/c1-20-12-15(17)16(19)18-11-5-8-14(18)10-9-13-6-3-2-4-7-13;/h2-4,6-7,14-15H,5,8-12,17H2,1H3;1H. The van der Waals surface area contributed by atoms with Gasteiger partial charge in [-0.05, 0) is 31.2 Å². The zero-order chi connectivity index (χ0) is 14.4. The predicted octanol–water partition coefficient (Wildman–Crippen LogP) is 2.01. The maximum Gasteiger partial charge on any atom is 0.242 e. The minimum atomic E-state index is -0.530. The van der Waals surface area contributed by atoms with Gasteiger partial charge in [-0.3, -0.25) is 4.79 Å². The van der Waals surface area contributed by atoms with E-state index in [1.54, 1.807) is 7.11 Å². The Bertz CT molecular complexity index is 428. The van der Waals surface area contributed by atoms with E-state index in [-0.39, 0.29) is 18.3 Å². The average molecular weight is 313 g/mol. The van der Waals surface area contributed by atoms with Crippen molar-refractivity contribution >= 4 is 18.3 Å². The van der Waals surface area contributed by atoms with Gasteiger partial charge in [0, 0.05) is 19.7 Å². The summed E-state index contributed by atoms with van der Waals surface area (Å²) in [5, 5.41) is 0. The van der Waals surface area contributed by atoms with Gasteiger partial charge in [-0.25, -0.2) is 0 Å². The van der Waals surface area contributed by atoms with Gasteiger partial charge in [0.25, 0.3) is 0 Å². The van der Waals surface area contributed by atoms with E-state index in [0.29, 0.717) is 12.6 Å². The molecule has 4 nitrogen and oxygen atoms in total. The number of carbonyl (C=O) groups excluding carboxylic acids is 1. The van der Waals surface area contributed by atoms with E-state index in [4.69, 9.17) is 10.5 Å². The van der Waals surface area contributed by atoms with Gasteiger partial charge in [-0.2, -0.15) is 0 Å². The Hall–Kier alpha value is -1.10. The molecule has 5 heteroatoms. The largest absolute Gasteiger partial charge is 0.383 e. The van der Waals surface area contributed by atoms with Crippen LogP contribution in [-0.2, 0) is 16.0 Å². The van der Waals surface area contributed by atoms with E-state index >= 15 is 0 Å². The van der Waals surface area contributed by atoms with Crippen LogP contribution in [0, 0.1) is 0 Å². The zero-order valence-corrected chi connectivity index (χ0v) is 13.3. The highest BCUT2D eigenvalue weighted by Gasteiger charge is 2.31. The van der Waals surface area contributed by atoms with Crippen LogP contribution in [0.4, 0.5) is 0 Å². The van der Waals surface area contributed by atoms with Crippen LogP contribution in [0.3, 0.4) is 0 Å². The second-order valence-electron chi connectivity index (χ2n) is 5.41. The lowest BCUT2D eigenvalue weighted by Gasteiger charge is -2.27. The number of rotatable bonds is 6. The molecule has 0 aliphatic carbocycles. The molecule has 2 N–H and O–H groups in total. The lowest BCUT2D eigenvalue weighted by molar-refractivity contribution is -0.134. The maximum atomic E-state index is 12.3. The summed E-state index contributed by atoms with van der Waals surface area (Å²) < 4.78 is 4.98. The minimum absolute atomic E-state index is 0. The van der Waals surface area contributed by atoms with E-state index in [9.17, 15) is 4.79 Å². The van der Waals surface area contributed by atoms with Crippen LogP contribution < -0.4 is 5.73 Å². The highest BCUT2D eigenvalue weighted by atomic mass is 35.5. The summed E-state index contributed by atoms with van der Waals surface area (Å²) in [5.41, 5.74) is 7.19. The fourth-order valence-corrected chi connectivity index (χ4v) is 2.87. The third-order valence-electron chi connectivity index (χ3n) is 3.93. The number of methoxy groups -OCH3 is 1. The highest BCUT2D eigenvalue weighted by molar-refractivity contribution is 5.85. The minimum Gasteiger partial charge on any atom is -0.383 e. The van der Waals surface area contributed by atoms with Crippen molar-refractivity contribution in [2.75, 3.05) is 20.3 Å². The zero-order valence-electron chi connectivity index (χ0n) is 12.5. The number of nitrogens with two attached hydrogens (primary N) is 1. The summed E-state index contributed by atoms with van der Waals surface area (Å²) in [5.74, 6) is 0.0300. The molecule has 2 atom stereocenters. The number of aryl methyl sites for hydroxylation is 1. The van der Waals surface area contributed by atoms with Gasteiger partial charge in [0.05, 0.1) is 6.61 Å². The number of ether oxygens (including phenoxy) is 1. The van der Waals surface area contributed by atoms with E-state index in [1.165, 1.54) is 5.56 Å². The molecule has 0 radical (unpaired) electrons. The molecule has 1 aliphatic heterocycles. The number of hydrogen-bond acceptors (Lipinski definition) is 3. The van der Waals surface area contributed by atoms with Crippen molar-refractivity contribution < 1.29 is 9.53 Å². The summed E-state index contributed by atoms with van der Waals surface area (Å²) in [4.78, 5) is 14.2. The molecule has 1 heterocycles. The first-order valence-corrected chi connectivity index (χ1v) is 7.31. The van der Waals surface area contributed by atoms with E-state index in [1.807, 2.05) is 11.0 Å². The average Bonchev–Trinajstić information content (AvgIpc) is 2.94. The Balaban J connectivity index is 0.00000220. The second-order valence-corrected chi connectivity index (χ2v) is 5.41. The third-order valence-corrected chi connectivity index (χ3v) is 3.93. The predicted molar refractivity (Wildman–Crippen MR) is 86.6 cm³/mol. The first kappa shape index (κ1) is 18.0. The van der Waals surface area contributed by atoms with Crippen molar-refractivity contribution in [2.45, 2.75) is 37.8 Å². The molecule has 1 amide bonds. The lowest BCUT2D eigenvalue weighted by atomic mass is 10.0. The Kier molecular flexibility index (Phi) is 7.72. The summed E-state index contributed by atoms with van der Waals surface area (Å²) >= 11 is 0. The van der Waals surface area contributed by atoms with Crippen LogP contribution in [0.1, 0.15) is 24.8 Å². The number of carbonyl (C=O) groups is 1. The van der Waals surface area contributed by atoms with Crippen molar-refractivity contribution in [1.29, 1.82) is 0 Å². The Labute approximate surface area is 133 Å². The van der Waals surface area contributed by atoms with Gasteiger partial charge < -0.3 is 15.4 Å². The van der Waals surface area contributed by atoms with Crippen LogP contribution in [0.15, 0.2) is 30.3 Å². The number of amides is 1. The molecule has 0 aromatic heterocycles. The number of halogens is 1. The number of benzene rings is 1. The summed E-state index contributed by atoms with van der Waals surface area (Å²) in [6.45, 7) is 1.12.